The van der Waals surface area contributed by atoms with E-state index in [0.29, 0.717) is 0 Å². The van der Waals surface area contributed by atoms with E-state index in [9.17, 15) is 4.79 Å². The molecule has 0 unspecified atom stereocenters. The standard InChI is InChI=1S/C12H23NO4/c1-12(17-8-11(15)16)9-13(10-12)6-4-2-3-5-7-14/h14H,2-10H2,1H3,(H,15,16). The highest BCUT2D eigenvalue weighted by molar-refractivity contribution is 5.68. The van der Waals surface area contributed by atoms with Crippen molar-refractivity contribution >= 4 is 5.97 Å². The second-order valence-corrected chi connectivity index (χ2v) is 4.98. The summed E-state index contributed by atoms with van der Waals surface area (Å²) in [6.07, 6.45) is 4.25. The predicted octanol–water partition coefficient (Wildman–Crippen LogP) is 0.715. The summed E-state index contributed by atoms with van der Waals surface area (Å²) in [5, 5.41) is 17.2. The molecule has 1 fully saturated rings. The maximum atomic E-state index is 10.4. The van der Waals surface area contributed by atoms with Crippen LogP contribution in [0.2, 0.25) is 0 Å². The maximum Gasteiger partial charge on any atom is 0.329 e. The molecule has 1 aliphatic heterocycles. The van der Waals surface area contributed by atoms with Gasteiger partial charge in [0, 0.05) is 19.7 Å². The molecule has 0 aromatic carbocycles. The van der Waals surface area contributed by atoms with Crippen molar-refractivity contribution in [1.29, 1.82) is 0 Å². The van der Waals surface area contributed by atoms with Gasteiger partial charge in [0.2, 0.25) is 0 Å². The minimum atomic E-state index is -0.909. The van der Waals surface area contributed by atoms with Crippen molar-refractivity contribution in [3.05, 3.63) is 0 Å². The van der Waals surface area contributed by atoms with Gasteiger partial charge in [0.25, 0.3) is 0 Å². The van der Waals surface area contributed by atoms with E-state index < -0.39 is 5.97 Å². The normalized spacial score (nSPS) is 18.9. The number of nitrogens with zero attached hydrogens (tertiary/aromatic N) is 1. The molecule has 0 aromatic rings. The molecule has 0 radical (unpaired) electrons. The molecule has 1 aliphatic rings. The van der Waals surface area contributed by atoms with Gasteiger partial charge < -0.3 is 14.9 Å². The number of aliphatic hydroxyl groups excluding tert-OH is 1. The average molecular weight is 245 g/mol. The van der Waals surface area contributed by atoms with Crippen LogP contribution in [-0.4, -0.2) is 59.5 Å². The first-order chi connectivity index (χ1) is 8.06. The number of aliphatic carboxylic acids is 1. The SMILES string of the molecule is CC1(OCC(=O)O)CN(CCCCCCO)C1. The van der Waals surface area contributed by atoms with Crippen molar-refractivity contribution in [1.82, 2.24) is 4.90 Å². The van der Waals surface area contributed by atoms with Crippen molar-refractivity contribution < 1.29 is 19.7 Å². The molecule has 1 heterocycles. The fourth-order valence-corrected chi connectivity index (χ4v) is 2.19. The lowest BCUT2D eigenvalue weighted by Gasteiger charge is -2.47. The van der Waals surface area contributed by atoms with Crippen molar-refractivity contribution in [2.24, 2.45) is 0 Å². The van der Waals surface area contributed by atoms with E-state index >= 15 is 0 Å². The lowest BCUT2D eigenvalue weighted by atomic mass is 9.96. The second kappa shape index (κ2) is 6.93. The molecular weight excluding hydrogens is 222 g/mol. The highest BCUT2D eigenvalue weighted by Crippen LogP contribution is 2.24. The molecule has 5 heteroatoms. The van der Waals surface area contributed by atoms with Gasteiger partial charge in [0.1, 0.15) is 6.61 Å². The van der Waals surface area contributed by atoms with Crippen LogP contribution in [0.3, 0.4) is 0 Å². The van der Waals surface area contributed by atoms with Crippen molar-refractivity contribution in [2.45, 2.75) is 38.2 Å². The van der Waals surface area contributed by atoms with Gasteiger partial charge >= 0.3 is 5.97 Å². The van der Waals surface area contributed by atoms with Crippen LogP contribution >= 0.6 is 0 Å². The van der Waals surface area contributed by atoms with E-state index in [0.717, 1.165) is 45.3 Å². The fourth-order valence-electron chi connectivity index (χ4n) is 2.19. The van der Waals surface area contributed by atoms with Crippen molar-refractivity contribution in [3.63, 3.8) is 0 Å². The van der Waals surface area contributed by atoms with Gasteiger partial charge in [-0.1, -0.05) is 12.8 Å². The number of likely N-dealkylation sites (tertiary alicyclic amines) is 1. The highest BCUT2D eigenvalue weighted by Gasteiger charge is 2.39. The second-order valence-electron chi connectivity index (χ2n) is 4.98. The number of carbonyl (C=O) groups is 1. The Labute approximate surface area is 102 Å². The lowest BCUT2D eigenvalue weighted by molar-refractivity contribution is -0.164. The first kappa shape index (κ1) is 14.4. The Morgan fingerprint density at radius 3 is 2.53 bits per heavy atom. The summed E-state index contributed by atoms with van der Waals surface area (Å²) in [6.45, 7) is 4.71. The molecule has 1 rings (SSSR count). The highest BCUT2D eigenvalue weighted by atomic mass is 16.5. The van der Waals surface area contributed by atoms with Crippen LogP contribution < -0.4 is 0 Å². The number of hydrogen-bond donors (Lipinski definition) is 2. The number of rotatable bonds is 9. The minimum Gasteiger partial charge on any atom is -0.480 e. The van der Waals surface area contributed by atoms with Crippen LogP contribution in [0.1, 0.15) is 32.6 Å². The van der Waals surface area contributed by atoms with Gasteiger partial charge in [-0.25, -0.2) is 4.79 Å². The first-order valence-electron chi connectivity index (χ1n) is 6.25. The molecule has 5 nitrogen and oxygen atoms in total. The van der Waals surface area contributed by atoms with E-state index in [-0.39, 0.29) is 18.8 Å². The molecule has 0 amide bonds. The largest absolute Gasteiger partial charge is 0.480 e. The molecule has 0 aliphatic carbocycles. The van der Waals surface area contributed by atoms with Crippen LogP contribution in [0, 0.1) is 0 Å². The third kappa shape index (κ3) is 5.48. The predicted molar refractivity (Wildman–Crippen MR) is 64.0 cm³/mol. The monoisotopic (exact) mass is 245 g/mol. The van der Waals surface area contributed by atoms with Crippen molar-refractivity contribution in [2.75, 3.05) is 32.8 Å². The topological polar surface area (TPSA) is 70.0 Å². The number of unbranched alkanes of at least 4 members (excludes halogenated alkanes) is 3. The Hall–Kier alpha value is -0.650. The number of ether oxygens (including phenoxy) is 1. The zero-order chi connectivity index (χ0) is 12.7. The van der Waals surface area contributed by atoms with Crippen LogP contribution in [0.4, 0.5) is 0 Å². The summed E-state index contributed by atoms with van der Waals surface area (Å²) >= 11 is 0. The van der Waals surface area contributed by atoms with Gasteiger partial charge in [-0.05, 0) is 26.3 Å². The van der Waals surface area contributed by atoms with Gasteiger partial charge in [-0.3, -0.25) is 4.90 Å². The lowest BCUT2D eigenvalue weighted by Crippen LogP contribution is -2.61. The summed E-state index contributed by atoms with van der Waals surface area (Å²) in [6, 6.07) is 0. The quantitative estimate of drug-likeness (QED) is 0.586. The average Bonchev–Trinajstić information content (AvgIpc) is 2.23. The zero-order valence-corrected chi connectivity index (χ0v) is 10.5. The Bertz CT molecular complexity index is 239. The summed E-state index contributed by atoms with van der Waals surface area (Å²) in [4.78, 5) is 12.7. The van der Waals surface area contributed by atoms with Gasteiger partial charge in [0.15, 0.2) is 0 Å². The molecule has 2 N–H and O–H groups in total. The summed E-state index contributed by atoms with van der Waals surface area (Å²) < 4.78 is 5.33. The Morgan fingerprint density at radius 2 is 1.94 bits per heavy atom. The molecule has 0 saturated carbocycles. The fraction of sp³-hybridized carbons (Fsp3) is 0.917. The third-order valence-corrected chi connectivity index (χ3v) is 3.04. The van der Waals surface area contributed by atoms with E-state index in [1.54, 1.807) is 0 Å². The molecular formula is C12H23NO4. The minimum absolute atomic E-state index is 0.208. The summed E-state index contributed by atoms with van der Waals surface area (Å²) in [5.74, 6) is -0.909. The first-order valence-corrected chi connectivity index (χ1v) is 6.25. The Balaban J connectivity index is 2.00. The summed E-state index contributed by atoms with van der Waals surface area (Å²) in [7, 11) is 0. The van der Waals surface area contributed by atoms with Crippen LogP contribution in [-0.2, 0) is 9.53 Å². The number of aliphatic hydroxyl groups is 1. The van der Waals surface area contributed by atoms with Crippen molar-refractivity contribution in [3.8, 4) is 0 Å². The number of carboxylic acid groups (broad SMARTS) is 1. The van der Waals surface area contributed by atoms with Gasteiger partial charge in [-0.2, -0.15) is 0 Å². The third-order valence-electron chi connectivity index (χ3n) is 3.04. The smallest absolute Gasteiger partial charge is 0.329 e. The zero-order valence-electron chi connectivity index (χ0n) is 10.5. The molecule has 17 heavy (non-hydrogen) atoms. The van der Waals surface area contributed by atoms with E-state index in [1.807, 2.05) is 6.92 Å². The molecule has 1 saturated heterocycles. The van der Waals surface area contributed by atoms with E-state index in [1.165, 1.54) is 0 Å². The van der Waals surface area contributed by atoms with Crippen LogP contribution in [0.25, 0.3) is 0 Å². The summed E-state index contributed by atoms with van der Waals surface area (Å²) in [5.41, 5.74) is -0.274. The van der Waals surface area contributed by atoms with Crippen LogP contribution in [0.5, 0.6) is 0 Å². The molecule has 100 valence electrons. The van der Waals surface area contributed by atoms with Crippen LogP contribution in [0.15, 0.2) is 0 Å². The molecule has 0 aromatic heterocycles. The molecule has 0 spiro atoms. The Kier molecular flexibility index (Phi) is 5.88. The van der Waals surface area contributed by atoms with E-state index in [2.05, 4.69) is 4.90 Å². The van der Waals surface area contributed by atoms with E-state index in [4.69, 9.17) is 14.9 Å². The van der Waals surface area contributed by atoms with Gasteiger partial charge in [0.05, 0.1) is 5.60 Å². The Morgan fingerprint density at radius 1 is 1.29 bits per heavy atom. The molecule has 0 atom stereocenters. The number of hydrogen-bond acceptors (Lipinski definition) is 4. The molecule has 0 bridgehead atoms. The maximum absolute atomic E-state index is 10.4. The number of carboxylic acids is 1. The van der Waals surface area contributed by atoms with Gasteiger partial charge in [-0.15, -0.1) is 0 Å².